The summed E-state index contributed by atoms with van der Waals surface area (Å²) in [6.45, 7) is 5.40. The minimum Gasteiger partial charge on any atom is -0.460 e. The van der Waals surface area contributed by atoms with Gasteiger partial charge in [0.1, 0.15) is 0 Å². The van der Waals surface area contributed by atoms with Crippen LogP contribution in [0.3, 0.4) is 0 Å². The van der Waals surface area contributed by atoms with E-state index in [0.29, 0.717) is 3.36 Å². The van der Waals surface area contributed by atoms with E-state index in [-0.39, 0.29) is 12.1 Å². The standard InChI is InChI=1S/C25H46Br2O2Si/c1-3-24(28)29-23(2)21-19-17-15-13-11-9-7-5-4-6-8-10-12-14-16-18-20-22-30-25(26)27/h3,23,25H,1,4-22H2,2H3. The molecule has 0 heterocycles. The van der Waals surface area contributed by atoms with Crippen molar-refractivity contribution in [2.75, 3.05) is 0 Å². The van der Waals surface area contributed by atoms with Crippen molar-refractivity contribution in [3.63, 3.8) is 0 Å². The molecule has 0 aromatic carbocycles. The summed E-state index contributed by atoms with van der Waals surface area (Å²) in [6.07, 6.45) is 25.8. The van der Waals surface area contributed by atoms with Crippen LogP contribution in [0.2, 0.25) is 6.04 Å². The lowest BCUT2D eigenvalue weighted by Gasteiger charge is -2.11. The molecule has 176 valence electrons. The monoisotopic (exact) mass is 564 g/mol. The lowest BCUT2D eigenvalue weighted by Crippen LogP contribution is -2.12. The first-order valence-electron chi connectivity index (χ1n) is 12.4. The number of rotatable bonds is 23. The molecule has 0 aliphatic rings. The lowest BCUT2D eigenvalue weighted by atomic mass is 10.0. The number of carbonyl (C=O) groups excluding carboxylic acids is 1. The van der Waals surface area contributed by atoms with E-state index in [9.17, 15) is 4.79 Å². The minimum absolute atomic E-state index is 0.0206. The second kappa shape index (κ2) is 24.0. The lowest BCUT2D eigenvalue weighted by molar-refractivity contribution is -0.142. The zero-order chi connectivity index (χ0) is 22.3. The molecule has 2 nitrogen and oxygen atoms in total. The molecule has 0 N–H and O–H groups in total. The second-order valence-electron chi connectivity index (χ2n) is 8.51. The van der Waals surface area contributed by atoms with Crippen molar-refractivity contribution in [1.29, 1.82) is 0 Å². The van der Waals surface area contributed by atoms with E-state index in [0.717, 1.165) is 22.4 Å². The van der Waals surface area contributed by atoms with E-state index in [2.05, 4.69) is 38.4 Å². The molecule has 1 atom stereocenters. The van der Waals surface area contributed by atoms with E-state index in [1.54, 1.807) is 0 Å². The van der Waals surface area contributed by atoms with Crippen molar-refractivity contribution in [3.05, 3.63) is 12.7 Å². The Kier molecular flexibility index (Phi) is 24.3. The van der Waals surface area contributed by atoms with Crippen LogP contribution >= 0.6 is 31.9 Å². The molecular weight excluding hydrogens is 520 g/mol. The van der Waals surface area contributed by atoms with Gasteiger partial charge in [0.05, 0.1) is 19.0 Å². The highest BCUT2D eigenvalue weighted by Crippen LogP contribution is 2.16. The van der Waals surface area contributed by atoms with E-state index in [1.165, 1.54) is 115 Å². The third kappa shape index (κ3) is 24.7. The van der Waals surface area contributed by atoms with Crippen LogP contribution in [0.25, 0.3) is 0 Å². The van der Waals surface area contributed by atoms with Gasteiger partial charge in [0.2, 0.25) is 0 Å². The van der Waals surface area contributed by atoms with E-state index in [1.807, 2.05) is 6.92 Å². The van der Waals surface area contributed by atoms with Crippen molar-refractivity contribution >= 4 is 47.3 Å². The van der Waals surface area contributed by atoms with E-state index in [4.69, 9.17) is 4.74 Å². The van der Waals surface area contributed by atoms with Gasteiger partial charge in [-0.2, -0.15) is 0 Å². The van der Waals surface area contributed by atoms with Crippen LogP contribution in [0.5, 0.6) is 0 Å². The maximum absolute atomic E-state index is 11.1. The quantitative estimate of drug-likeness (QED) is 0.0405. The SMILES string of the molecule is C=CC(=O)OC(C)CCCCCCCCCCCCCCCCCCC[Si]C(Br)Br. The summed E-state index contributed by atoms with van der Waals surface area (Å²) < 4.78 is 5.72. The van der Waals surface area contributed by atoms with Crippen molar-refractivity contribution < 1.29 is 9.53 Å². The number of unbranched alkanes of at least 4 members (excludes halogenated alkanes) is 16. The Balaban J connectivity index is 3.11. The molecule has 0 spiro atoms. The van der Waals surface area contributed by atoms with Gasteiger partial charge in [-0.25, -0.2) is 4.79 Å². The topological polar surface area (TPSA) is 26.3 Å². The van der Waals surface area contributed by atoms with Gasteiger partial charge in [-0.15, -0.1) is 0 Å². The van der Waals surface area contributed by atoms with E-state index < -0.39 is 0 Å². The number of carbonyl (C=O) groups is 1. The summed E-state index contributed by atoms with van der Waals surface area (Å²) in [7, 11) is 1.01. The molecule has 1 unspecified atom stereocenters. The summed E-state index contributed by atoms with van der Waals surface area (Å²) in [4.78, 5) is 11.1. The van der Waals surface area contributed by atoms with Gasteiger partial charge in [0.15, 0.2) is 0 Å². The number of halogens is 2. The number of alkyl halides is 2. The molecule has 0 aromatic heterocycles. The predicted octanol–water partition coefficient (Wildman–Crippen LogP) is 9.32. The van der Waals surface area contributed by atoms with Gasteiger partial charge in [-0.1, -0.05) is 147 Å². The molecule has 0 aliphatic carbocycles. The molecule has 0 aromatic rings. The largest absolute Gasteiger partial charge is 0.460 e. The van der Waals surface area contributed by atoms with Gasteiger partial charge in [0, 0.05) is 6.08 Å². The molecular formula is C25H46Br2O2Si. The first-order chi connectivity index (χ1) is 14.6. The van der Waals surface area contributed by atoms with Crippen molar-refractivity contribution in [2.24, 2.45) is 0 Å². The number of ether oxygens (including phenoxy) is 1. The number of hydrogen-bond acceptors (Lipinski definition) is 2. The zero-order valence-electron chi connectivity index (χ0n) is 19.4. The summed E-state index contributed by atoms with van der Waals surface area (Å²) >= 11 is 7.11. The van der Waals surface area contributed by atoms with Gasteiger partial charge in [-0.3, -0.25) is 0 Å². The Hall–Kier alpha value is 0.387. The van der Waals surface area contributed by atoms with Crippen LogP contribution in [0.1, 0.15) is 122 Å². The van der Waals surface area contributed by atoms with Crippen LogP contribution in [-0.4, -0.2) is 25.0 Å². The van der Waals surface area contributed by atoms with Crippen LogP contribution < -0.4 is 0 Å². The summed E-state index contributed by atoms with van der Waals surface area (Å²) in [5, 5.41) is 0. The molecule has 0 saturated carbocycles. The molecule has 0 aliphatic heterocycles. The summed E-state index contributed by atoms with van der Waals surface area (Å²) in [5.41, 5.74) is 0. The summed E-state index contributed by atoms with van der Waals surface area (Å²) in [5.74, 6) is -0.303. The van der Waals surface area contributed by atoms with Gasteiger partial charge >= 0.3 is 5.97 Å². The predicted molar refractivity (Wildman–Crippen MR) is 141 cm³/mol. The second-order valence-corrected chi connectivity index (χ2v) is 14.7. The van der Waals surface area contributed by atoms with Crippen LogP contribution in [-0.2, 0) is 9.53 Å². The molecule has 0 fully saturated rings. The van der Waals surface area contributed by atoms with Crippen molar-refractivity contribution in [2.45, 2.75) is 138 Å². The average molecular weight is 567 g/mol. The fourth-order valence-corrected chi connectivity index (χ4v) is 5.77. The zero-order valence-corrected chi connectivity index (χ0v) is 23.6. The minimum atomic E-state index is -0.303. The third-order valence-electron chi connectivity index (χ3n) is 5.57. The molecule has 0 saturated heterocycles. The number of hydrogen-bond donors (Lipinski definition) is 0. The van der Waals surface area contributed by atoms with Gasteiger partial charge < -0.3 is 4.74 Å². The Labute approximate surface area is 206 Å². The molecule has 30 heavy (non-hydrogen) atoms. The molecule has 0 rings (SSSR count). The van der Waals surface area contributed by atoms with Gasteiger partial charge in [0.25, 0.3) is 0 Å². The fourth-order valence-electron chi connectivity index (χ4n) is 3.72. The van der Waals surface area contributed by atoms with E-state index >= 15 is 0 Å². The Morgan fingerprint density at radius 3 is 1.50 bits per heavy atom. The molecule has 5 heteroatoms. The summed E-state index contributed by atoms with van der Waals surface area (Å²) in [6, 6.07) is 1.37. The van der Waals surface area contributed by atoms with Gasteiger partial charge in [-0.05, 0) is 19.8 Å². The van der Waals surface area contributed by atoms with Crippen LogP contribution in [0.4, 0.5) is 0 Å². The van der Waals surface area contributed by atoms with Crippen molar-refractivity contribution in [1.82, 2.24) is 0 Å². The Morgan fingerprint density at radius 2 is 1.13 bits per heavy atom. The number of esters is 1. The first-order valence-corrected chi connectivity index (χ1v) is 15.5. The Morgan fingerprint density at radius 1 is 0.767 bits per heavy atom. The normalized spacial score (nSPS) is 12.3. The molecule has 2 radical (unpaired) electrons. The Bertz CT molecular complexity index is 391. The molecule has 0 amide bonds. The highest BCUT2D eigenvalue weighted by atomic mass is 79.9. The fraction of sp³-hybridized carbons (Fsp3) is 0.880. The third-order valence-corrected chi connectivity index (χ3v) is 8.46. The smallest absolute Gasteiger partial charge is 0.330 e. The first kappa shape index (κ1) is 30.4. The molecule has 0 bridgehead atoms. The maximum atomic E-state index is 11.1. The maximum Gasteiger partial charge on any atom is 0.330 e. The highest BCUT2D eigenvalue weighted by molar-refractivity contribution is 9.25. The van der Waals surface area contributed by atoms with Crippen LogP contribution in [0.15, 0.2) is 12.7 Å². The average Bonchev–Trinajstić information content (AvgIpc) is 2.71. The highest BCUT2D eigenvalue weighted by Gasteiger charge is 2.05. The van der Waals surface area contributed by atoms with Crippen LogP contribution in [0, 0.1) is 0 Å². The van der Waals surface area contributed by atoms with Crippen molar-refractivity contribution in [3.8, 4) is 0 Å².